The first-order chi connectivity index (χ1) is 4.63. The molecule has 0 aliphatic carbocycles. The SMILES string of the molecule is C=C(N)n1c(C)nnc1C. The summed E-state index contributed by atoms with van der Waals surface area (Å²) in [5.41, 5.74) is 5.45. The fourth-order valence-corrected chi connectivity index (χ4v) is 0.884. The van der Waals surface area contributed by atoms with E-state index >= 15 is 0 Å². The van der Waals surface area contributed by atoms with Gasteiger partial charge >= 0.3 is 0 Å². The zero-order valence-electron chi connectivity index (χ0n) is 6.13. The zero-order valence-corrected chi connectivity index (χ0v) is 6.13. The normalized spacial score (nSPS) is 9.80. The van der Waals surface area contributed by atoms with E-state index in [4.69, 9.17) is 5.73 Å². The molecule has 0 bridgehead atoms. The van der Waals surface area contributed by atoms with E-state index in [0.29, 0.717) is 5.82 Å². The van der Waals surface area contributed by atoms with Crippen LogP contribution in [-0.4, -0.2) is 14.8 Å². The maximum atomic E-state index is 5.45. The third-order valence-corrected chi connectivity index (χ3v) is 1.27. The van der Waals surface area contributed by atoms with Gasteiger partial charge in [0.2, 0.25) is 0 Å². The molecule has 2 N–H and O–H groups in total. The predicted octanol–water partition coefficient (Wildman–Crippen LogP) is 0.282. The van der Waals surface area contributed by atoms with Crippen LogP contribution in [0.3, 0.4) is 0 Å². The van der Waals surface area contributed by atoms with Gasteiger partial charge in [0.05, 0.1) is 0 Å². The van der Waals surface area contributed by atoms with Gasteiger partial charge in [-0.2, -0.15) is 0 Å². The summed E-state index contributed by atoms with van der Waals surface area (Å²) in [6.07, 6.45) is 0. The molecular weight excluding hydrogens is 128 g/mol. The number of nitrogens with zero attached hydrogens (tertiary/aromatic N) is 3. The summed E-state index contributed by atoms with van der Waals surface area (Å²) in [6.45, 7) is 7.24. The minimum atomic E-state index is 0.458. The van der Waals surface area contributed by atoms with E-state index in [1.54, 1.807) is 4.57 Å². The van der Waals surface area contributed by atoms with Gasteiger partial charge in [0.15, 0.2) is 0 Å². The Labute approximate surface area is 59.4 Å². The molecule has 1 heterocycles. The molecule has 1 rings (SSSR count). The number of rotatable bonds is 1. The molecule has 0 saturated carbocycles. The largest absolute Gasteiger partial charge is 0.385 e. The zero-order chi connectivity index (χ0) is 7.72. The molecular formula is C6H10N4. The average Bonchev–Trinajstić information content (AvgIpc) is 2.11. The van der Waals surface area contributed by atoms with Crippen molar-refractivity contribution in [3.05, 3.63) is 18.2 Å². The molecule has 0 aliphatic heterocycles. The first kappa shape index (κ1) is 6.80. The monoisotopic (exact) mass is 138 g/mol. The number of hydrogen-bond acceptors (Lipinski definition) is 3. The lowest BCUT2D eigenvalue weighted by Gasteiger charge is -2.02. The lowest BCUT2D eigenvalue weighted by atomic mass is 10.6. The average molecular weight is 138 g/mol. The number of hydrogen-bond donors (Lipinski definition) is 1. The summed E-state index contributed by atoms with van der Waals surface area (Å²) in [5, 5.41) is 7.62. The van der Waals surface area contributed by atoms with Gasteiger partial charge in [0, 0.05) is 0 Å². The maximum Gasteiger partial charge on any atom is 0.135 e. The molecule has 0 aliphatic rings. The fraction of sp³-hybridized carbons (Fsp3) is 0.333. The van der Waals surface area contributed by atoms with Gasteiger partial charge in [-0.3, -0.25) is 4.57 Å². The van der Waals surface area contributed by atoms with E-state index in [-0.39, 0.29) is 0 Å². The first-order valence-corrected chi connectivity index (χ1v) is 2.96. The molecule has 0 radical (unpaired) electrons. The van der Waals surface area contributed by atoms with Gasteiger partial charge in [0.25, 0.3) is 0 Å². The topological polar surface area (TPSA) is 56.7 Å². The van der Waals surface area contributed by atoms with Crippen molar-refractivity contribution < 1.29 is 0 Å². The van der Waals surface area contributed by atoms with Gasteiger partial charge in [0.1, 0.15) is 17.5 Å². The van der Waals surface area contributed by atoms with Crippen LogP contribution >= 0.6 is 0 Å². The second-order valence-corrected chi connectivity index (χ2v) is 2.12. The van der Waals surface area contributed by atoms with E-state index < -0.39 is 0 Å². The highest BCUT2D eigenvalue weighted by Gasteiger charge is 2.02. The summed E-state index contributed by atoms with van der Waals surface area (Å²) < 4.78 is 1.69. The Morgan fingerprint density at radius 2 is 1.80 bits per heavy atom. The Kier molecular flexibility index (Phi) is 1.45. The van der Waals surface area contributed by atoms with Crippen molar-refractivity contribution in [1.29, 1.82) is 0 Å². The highest BCUT2D eigenvalue weighted by atomic mass is 15.3. The van der Waals surface area contributed by atoms with Crippen LogP contribution in [-0.2, 0) is 0 Å². The van der Waals surface area contributed by atoms with Crippen LogP contribution in [0.2, 0.25) is 0 Å². The van der Waals surface area contributed by atoms with Crippen molar-refractivity contribution in [1.82, 2.24) is 14.8 Å². The van der Waals surface area contributed by atoms with Crippen molar-refractivity contribution in [3.63, 3.8) is 0 Å². The summed E-state index contributed by atoms with van der Waals surface area (Å²) in [7, 11) is 0. The second-order valence-electron chi connectivity index (χ2n) is 2.12. The Bertz CT molecular complexity index is 241. The van der Waals surface area contributed by atoms with Crippen molar-refractivity contribution in [2.75, 3.05) is 0 Å². The standard InChI is InChI=1S/C6H10N4/c1-4(7)10-5(2)8-9-6(10)3/h1,7H2,2-3H3. The third kappa shape index (κ3) is 0.877. The van der Waals surface area contributed by atoms with E-state index in [2.05, 4.69) is 16.8 Å². The molecule has 0 fully saturated rings. The van der Waals surface area contributed by atoms with Crippen LogP contribution in [0.25, 0.3) is 5.82 Å². The van der Waals surface area contributed by atoms with E-state index in [1.165, 1.54) is 0 Å². The summed E-state index contributed by atoms with van der Waals surface area (Å²) in [6, 6.07) is 0. The Hall–Kier alpha value is -1.32. The maximum absolute atomic E-state index is 5.45. The minimum absolute atomic E-state index is 0.458. The van der Waals surface area contributed by atoms with Gasteiger partial charge in [-0.05, 0) is 13.8 Å². The summed E-state index contributed by atoms with van der Waals surface area (Å²) in [4.78, 5) is 0. The molecule has 10 heavy (non-hydrogen) atoms. The smallest absolute Gasteiger partial charge is 0.135 e. The fourth-order valence-electron chi connectivity index (χ4n) is 0.884. The van der Waals surface area contributed by atoms with Crippen molar-refractivity contribution >= 4 is 5.82 Å². The molecule has 1 aromatic heterocycles. The molecule has 0 amide bonds. The molecule has 0 aromatic carbocycles. The minimum Gasteiger partial charge on any atom is -0.385 e. The Morgan fingerprint density at radius 1 is 1.40 bits per heavy atom. The molecule has 0 unspecified atom stereocenters. The van der Waals surface area contributed by atoms with Crippen LogP contribution in [0.5, 0.6) is 0 Å². The van der Waals surface area contributed by atoms with Gasteiger partial charge in [-0.25, -0.2) is 0 Å². The quantitative estimate of drug-likeness (QED) is 0.606. The van der Waals surface area contributed by atoms with Crippen LogP contribution in [0.15, 0.2) is 6.58 Å². The molecule has 0 spiro atoms. The van der Waals surface area contributed by atoms with E-state index in [0.717, 1.165) is 11.6 Å². The molecule has 4 heteroatoms. The lowest BCUT2D eigenvalue weighted by molar-refractivity contribution is 0.946. The van der Waals surface area contributed by atoms with E-state index in [9.17, 15) is 0 Å². The van der Waals surface area contributed by atoms with E-state index in [1.807, 2.05) is 13.8 Å². The molecule has 4 nitrogen and oxygen atoms in total. The molecule has 0 saturated heterocycles. The van der Waals surface area contributed by atoms with Gasteiger partial charge < -0.3 is 5.73 Å². The number of nitrogens with two attached hydrogens (primary N) is 1. The highest BCUT2D eigenvalue weighted by molar-refractivity contribution is 5.38. The lowest BCUT2D eigenvalue weighted by Crippen LogP contribution is -2.07. The first-order valence-electron chi connectivity index (χ1n) is 2.96. The van der Waals surface area contributed by atoms with Crippen LogP contribution in [0.4, 0.5) is 0 Å². The third-order valence-electron chi connectivity index (χ3n) is 1.27. The molecule has 0 atom stereocenters. The van der Waals surface area contributed by atoms with Crippen molar-refractivity contribution in [2.45, 2.75) is 13.8 Å². The molecule has 1 aromatic rings. The Balaban J connectivity index is 3.23. The number of aromatic nitrogens is 3. The predicted molar refractivity (Wildman–Crippen MR) is 39.0 cm³/mol. The summed E-state index contributed by atoms with van der Waals surface area (Å²) >= 11 is 0. The van der Waals surface area contributed by atoms with Gasteiger partial charge in [-0.1, -0.05) is 6.58 Å². The molecule has 54 valence electrons. The van der Waals surface area contributed by atoms with Gasteiger partial charge in [-0.15, -0.1) is 10.2 Å². The van der Waals surface area contributed by atoms with Crippen LogP contribution in [0, 0.1) is 13.8 Å². The highest BCUT2D eigenvalue weighted by Crippen LogP contribution is 2.01. The second kappa shape index (κ2) is 2.13. The number of aryl methyl sites for hydroxylation is 2. The van der Waals surface area contributed by atoms with Crippen molar-refractivity contribution in [3.8, 4) is 0 Å². The summed E-state index contributed by atoms with van der Waals surface area (Å²) in [5.74, 6) is 2.00. The van der Waals surface area contributed by atoms with Crippen LogP contribution in [0.1, 0.15) is 11.6 Å². The van der Waals surface area contributed by atoms with Crippen LogP contribution < -0.4 is 5.73 Å². The Morgan fingerprint density at radius 3 is 2.00 bits per heavy atom. The van der Waals surface area contributed by atoms with Crippen molar-refractivity contribution in [2.24, 2.45) is 5.73 Å².